The van der Waals surface area contributed by atoms with Crippen molar-refractivity contribution in [1.82, 2.24) is 4.98 Å². The van der Waals surface area contributed by atoms with Crippen LogP contribution in [-0.4, -0.2) is 16.6 Å². The molecule has 0 saturated heterocycles. The molecule has 0 bridgehead atoms. The van der Waals surface area contributed by atoms with Gasteiger partial charge in [0.25, 0.3) is 0 Å². The zero-order valence-electron chi connectivity index (χ0n) is 26.8. The molecule has 1 aromatic heterocycles. The Kier molecular flexibility index (Phi) is 16.6. The fourth-order valence-corrected chi connectivity index (χ4v) is 3.56. The number of allylic oxidation sites excluding steroid dienone is 2. The molecule has 1 saturated carbocycles. The number of nitrogens with zero attached hydrogens (tertiary/aromatic N) is 1. The molecule has 0 amide bonds. The molecule has 3 N–H and O–H groups in total. The van der Waals surface area contributed by atoms with Gasteiger partial charge in [-0.3, -0.25) is 0 Å². The van der Waals surface area contributed by atoms with Crippen molar-refractivity contribution in [2.45, 2.75) is 114 Å². The molecule has 1 unspecified atom stereocenters. The van der Waals surface area contributed by atoms with Gasteiger partial charge in [0.2, 0.25) is 0 Å². The highest BCUT2D eigenvalue weighted by atomic mass is 35.5. The predicted molar refractivity (Wildman–Crippen MR) is 176 cm³/mol. The molecule has 0 aliphatic heterocycles. The Labute approximate surface area is 246 Å². The minimum Gasteiger partial charge on any atom is -0.505 e. The van der Waals surface area contributed by atoms with Crippen molar-refractivity contribution >= 4 is 17.7 Å². The predicted octanol–water partition coefficient (Wildman–Crippen LogP) is 10.9. The van der Waals surface area contributed by atoms with E-state index in [-0.39, 0.29) is 16.6 Å². The molecule has 1 atom stereocenters. The number of aryl methyl sites for hydroxylation is 1. The van der Waals surface area contributed by atoms with Crippen molar-refractivity contribution in [1.29, 1.82) is 0 Å². The average molecular weight is 557 g/mol. The smallest absolute Gasteiger partial charge is 0.144 e. The van der Waals surface area contributed by atoms with Gasteiger partial charge in [0.1, 0.15) is 11.4 Å². The maximum Gasteiger partial charge on any atom is 0.144 e. The van der Waals surface area contributed by atoms with E-state index in [1.54, 1.807) is 0 Å². The summed E-state index contributed by atoms with van der Waals surface area (Å²) in [5.74, 6) is 1.08. The van der Waals surface area contributed by atoms with Crippen LogP contribution in [0.5, 0.6) is 5.75 Å². The summed E-state index contributed by atoms with van der Waals surface area (Å²) >= 11 is 6.16. The second kappa shape index (κ2) is 17.6. The number of aromatic nitrogens is 1. The molecular weight excluding hydrogens is 500 g/mol. The van der Waals surface area contributed by atoms with Crippen molar-refractivity contribution in [3.05, 3.63) is 64.3 Å². The van der Waals surface area contributed by atoms with E-state index >= 15 is 0 Å². The van der Waals surface area contributed by atoms with Gasteiger partial charge in [-0.1, -0.05) is 112 Å². The van der Waals surface area contributed by atoms with E-state index in [4.69, 9.17) is 22.3 Å². The maximum atomic E-state index is 10.8. The highest BCUT2D eigenvalue weighted by molar-refractivity contribution is 6.31. The van der Waals surface area contributed by atoms with Crippen LogP contribution in [-0.2, 0) is 5.41 Å². The second-order valence-electron chi connectivity index (χ2n) is 12.4. The molecule has 39 heavy (non-hydrogen) atoms. The summed E-state index contributed by atoms with van der Waals surface area (Å²) < 4.78 is 0. The molecule has 3 rings (SSSR count). The number of hydrogen-bond donors (Lipinski definition) is 2. The first kappa shape index (κ1) is 36.9. The number of halogens is 1. The van der Waals surface area contributed by atoms with Crippen LogP contribution in [0.15, 0.2) is 42.5 Å². The van der Waals surface area contributed by atoms with Gasteiger partial charge in [0.05, 0.1) is 5.69 Å². The molecular formula is C35H57ClN2O. The van der Waals surface area contributed by atoms with Crippen molar-refractivity contribution in [3.63, 3.8) is 0 Å². The third kappa shape index (κ3) is 14.2. The van der Waals surface area contributed by atoms with E-state index in [0.29, 0.717) is 5.69 Å². The molecule has 4 heteroatoms. The Morgan fingerprint density at radius 3 is 2.03 bits per heavy atom. The van der Waals surface area contributed by atoms with Gasteiger partial charge in [0.15, 0.2) is 0 Å². The minimum atomic E-state index is -0.187. The molecule has 1 aliphatic rings. The zero-order chi connectivity index (χ0) is 30.4. The van der Waals surface area contributed by atoms with Crippen LogP contribution >= 0.6 is 11.6 Å². The van der Waals surface area contributed by atoms with E-state index in [2.05, 4.69) is 68.0 Å². The van der Waals surface area contributed by atoms with E-state index in [1.165, 1.54) is 37.7 Å². The molecule has 1 heterocycles. The number of benzene rings is 1. The maximum absolute atomic E-state index is 10.8. The first-order chi connectivity index (χ1) is 18.1. The number of hydrogen-bond acceptors (Lipinski definition) is 3. The van der Waals surface area contributed by atoms with E-state index in [0.717, 1.165) is 39.9 Å². The van der Waals surface area contributed by atoms with Gasteiger partial charge in [-0.2, -0.15) is 0 Å². The highest BCUT2D eigenvalue weighted by Crippen LogP contribution is 2.37. The average Bonchev–Trinajstić information content (AvgIpc) is 2.84. The van der Waals surface area contributed by atoms with Crippen molar-refractivity contribution in [2.24, 2.45) is 17.1 Å². The molecule has 220 valence electrons. The summed E-state index contributed by atoms with van der Waals surface area (Å²) in [7, 11) is 0. The van der Waals surface area contributed by atoms with Crippen LogP contribution in [0.1, 0.15) is 118 Å². The largest absolute Gasteiger partial charge is 0.505 e. The number of rotatable bonds is 5. The molecule has 1 aliphatic carbocycles. The van der Waals surface area contributed by atoms with Gasteiger partial charge in [0, 0.05) is 16.1 Å². The Balaban J connectivity index is 0.000000843. The monoisotopic (exact) mass is 556 g/mol. The zero-order valence-corrected chi connectivity index (χ0v) is 27.6. The molecule has 1 aromatic carbocycles. The van der Waals surface area contributed by atoms with Crippen LogP contribution < -0.4 is 5.73 Å². The highest BCUT2D eigenvalue weighted by Gasteiger charge is 2.22. The molecule has 3 nitrogen and oxygen atoms in total. The molecule has 0 spiro atoms. The molecule has 2 aromatic rings. The van der Waals surface area contributed by atoms with Crippen molar-refractivity contribution < 1.29 is 5.11 Å². The summed E-state index contributed by atoms with van der Waals surface area (Å²) in [5.41, 5.74) is 10.9. The summed E-state index contributed by atoms with van der Waals surface area (Å²) in [6.45, 7) is 27.7. The summed E-state index contributed by atoms with van der Waals surface area (Å²) in [4.78, 5) is 4.71. The van der Waals surface area contributed by atoms with Gasteiger partial charge in [-0.05, 0) is 85.7 Å². The van der Waals surface area contributed by atoms with E-state index in [1.807, 2.05) is 51.1 Å². The number of nitrogens with two attached hydrogens (primary N) is 1. The second-order valence-corrected chi connectivity index (χ2v) is 12.8. The van der Waals surface area contributed by atoms with Crippen LogP contribution in [0.3, 0.4) is 0 Å². The summed E-state index contributed by atoms with van der Waals surface area (Å²) in [6.07, 6.45) is 10.4. The van der Waals surface area contributed by atoms with E-state index < -0.39 is 0 Å². The lowest BCUT2D eigenvalue weighted by atomic mass is 9.85. The Morgan fingerprint density at radius 2 is 1.67 bits per heavy atom. The van der Waals surface area contributed by atoms with E-state index in [9.17, 15) is 5.11 Å². The summed E-state index contributed by atoms with van der Waals surface area (Å²) in [5, 5.41) is 11.5. The fourth-order valence-electron chi connectivity index (χ4n) is 3.44. The van der Waals surface area contributed by atoms with Crippen LogP contribution in [0, 0.1) is 18.3 Å². The van der Waals surface area contributed by atoms with Crippen molar-refractivity contribution in [2.75, 3.05) is 6.54 Å². The number of pyridine rings is 1. The molecule has 0 radical (unpaired) electrons. The lowest BCUT2D eigenvalue weighted by Crippen LogP contribution is -2.13. The Morgan fingerprint density at radius 1 is 1.10 bits per heavy atom. The lowest BCUT2D eigenvalue weighted by molar-refractivity contribution is 0.442. The van der Waals surface area contributed by atoms with Crippen LogP contribution in [0.4, 0.5) is 0 Å². The van der Waals surface area contributed by atoms with Gasteiger partial charge in [-0.25, -0.2) is 4.98 Å². The third-order valence-electron chi connectivity index (χ3n) is 6.44. The van der Waals surface area contributed by atoms with Crippen molar-refractivity contribution in [3.8, 4) is 17.0 Å². The first-order valence-electron chi connectivity index (χ1n) is 14.7. The number of aromatic hydroxyl groups is 1. The standard InChI is InChI=1S/C22H28ClNO.C6H15N.C5H8.C2H6/c1-14-12-15(8-9-17(14)23)19-13-16(22(5,6)7)20(25)18(24-19)10-11-21(2,3)4;1-3-6(2)4-5-7;1-5-3-2-4-5;1-2/h8-13,25H,1-7H3;6H,3-5,7H2,1-2H3;1-4H2;1-2H3/b11-10+;;;. The Hall–Kier alpha value is -2.10. The Bertz CT molecular complexity index is 1040. The topological polar surface area (TPSA) is 59.1 Å². The van der Waals surface area contributed by atoms with Gasteiger partial charge in [-0.15, -0.1) is 0 Å². The summed E-state index contributed by atoms with van der Waals surface area (Å²) in [6, 6.07) is 7.87. The fraction of sp³-hybridized carbons (Fsp3) is 0.571. The SMILES string of the molecule is C=C1CCC1.CC.CCC(C)CCN.Cc1cc(-c2cc(C(C)(C)C)c(O)c(/C=C/C(C)(C)C)n2)ccc1Cl. The quantitative estimate of drug-likeness (QED) is 0.360. The van der Waals surface area contributed by atoms with Gasteiger partial charge < -0.3 is 10.8 Å². The first-order valence-corrected chi connectivity index (χ1v) is 15.0. The van der Waals surface area contributed by atoms with Crippen LogP contribution in [0.25, 0.3) is 17.3 Å². The third-order valence-corrected chi connectivity index (χ3v) is 6.86. The van der Waals surface area contributed by atoms with Gasteiger partial charge >= 0.3 is 0 Å². The molecule has 1 fully saturated rings. The minimum absolute atomic E-state index is 0.0167. The van der Waals surface area contributed by atoms with Crippen LogP contribution in [0.2, 0.25) is 5.02 Å². The lowest BCUT2D eigenvalue weighted by Gasteiger charge is -2.22. The normalized spacial score (nSPS) is 13.7.